The Morgan fingerprint density at radius 3 is 2.48 bits per heavy atom. The summed E-state index contributed by atoms with van der Waals surface area (Å²) in [7, 11) is 1.71. The second-order valence-corrected chi connectivity index (χ2v) is 4.93. The quantitative estimate of drug-likeness (QED) is 0.601. The van der Waals surface area contributed by atoms with Crippen LogP contribution in [0.15, 0.2) is 24.3 Å². The molecule has 0 bridgehead atoms. The smallest absolute Gasteiger partial charge is 0.119 e. The van der Waals surface area contributed by atoms with Crippen molar-refractivity contribution in [2.75, 3.05) is 40.1 Å². The molecular formula is C17H29NO3. The van der Waals surface area contributed by atoms with E-state index in [9.17, 15) is 0 Å². The van der Waals surface area contributed by atoms with E-state index in [1.165, 1.54) is 5.56 Å². The Morgan fingerprint density at radius 2 is 1.86 bits per heavy atom. The van der Waals surface area contributed by atoms with E-state index in [2.05, 4.69) is 24.4 Å². The zero-order chi connectivity index (χ0) is 15.3. The summed E-state index contributed by atoms with van der Waals surface area (Å²) >= 11 is 0. The third-order valence-corrected chi connectivity index (χ3v) is 3.16. The molecule has 0 aliphatic carbocycles. The number of benzene rings is 1. The van der Waals surface area contributed by atoms with E-state index >= 15 is 0 Å². The van der Waals surface area contributed by atoms with Gasteiger partial charge < -0.3 is 19.5 Å². The van der Waals surface area contributed by atoms with Crippen molar-refractivity contribution in [2.24, 2.45) is 0 Å². The van der Waals surface area contributed by atoms with Crippen LogP contribution in [-0.2, 0) is 9.47 Å². The van der Waals surface area contributed by atoms with Gasteiger partial charge in [0.15, 0.2) is 0 Å². The molecule has 0 saturated heterocycles. The van der Waals surface area contributed by atoms with Crippen molar-refractivity contribution in [1.82, 2.24) is 5.32 Å². The highest BCUT2D eigenvalue weighted by Crippen LogP contribution is 2.18. The lowest BCUT2D eigenvalue weighted by atomic mass is 10.1. The average Bonchev–Trinajstić information content (AvgIpc) is 2.51. The molecule has 0 amide bonds. The highest BCUT2D eigenvalue weighted by molar-refractivity contribution is 5.29. The Labute approximate surface area is 128 Å². The molecule has 1 unspecified atom stereocenters. The first-order valence-corrected chi connectivity index (χ1v) is 7.84. The topological polar surface area (TPSA) is 39.7 Å². The molecule has 21 heavy (non-hydrogen) atoms. The molecule has 1 N–H and O–H groups in total. The summed E-state index contributed by atoms with van der Waals surface area (Å²) in [4.78, 5) is 0. The largest absolute Gasteiger partial charge is 0.494 e. The summed E-state index contributed by atoms with van der Waals surface area (Å²) in [5, 5.41) is 3.53. The summed E-state index contributed by atoms with van der Waals surface area (Å²) in [5.74, 6) is 0.913. The zero-order valence-corrected chi connectivity index (χ0v) is 13.6. The van der Waals surface area contributed by atoms with Crippen molar-refractivity contribution < 1.29 is 14.2 Å². The minimum atomic E-state index is 0.225. The fraction of sp³-hybridized carbons (Fsp3) is 0.647. The molecule has 1 aromatic carbocycles. The van der Waals surface area contributed by atoms with E-state index in [1.807, 2.05) is 19.1 Å². The molecule has 4 heteroatoms. The summed E-state index contributed by atoms with van der Waals surface area (Å²) in [5.41, 5.74) is 1.23. The predicted octanol–water partition coefficient (Wildman–Crippen LogP) is 3.18. The lowest BCUT2D eigenvalue weighted by molar-refractivity contribution is 0.0874. The number of rotatable bonds is 12. The van der Waals surface area contributed by atoms with Crippen LogP contribution < -0.4 is 10.1 Å². The zero-order valence-electron chi connectivity index (χ0n) is 13.6. The third kappa shape index (κ3) is 7.46. The van der Waals surface area contributed by atoms with Crippen molar-refractivity contribution in [3.63, 3.8) is 0 Å². The number of hydrogen-bond acceptors (Lipinski definition) is 4. The van der Waals surface area contributed by atoms with Crippen LogP contribution in [0.3, 0.4) is 0 Å². The SMILES string of the molecule is CCCNC(COCCCOC)c1ccc(OCC)cc1. The van der Waals surface area contributed by atoms with E-state index in [-0.39, 0.29) is 6.04 Å². The predicted molar refractivity (Wildman–Crippen MR) is 86.0 cm³/mol. The monoisotopic (exact) mass is 295 g/mol. The Balaban J connectivity index is 2.50. The van der Waals surface area contributed by atoms with Crippen LogP contribution in [0.25, 0.3) is 0 Å². The molecule has 0 aliphatic heterocycles. The van der Waals surface area contributed by atoms with Gasteiger partial charge in [-0.25, -0.2) is 0 Å². The van der Waals surface area contributed by atoms with Gasteiger partial charge in [0.2, 0.25) is 0 Å². The molecule has 1 aromatic rings. The fourth-order valence-electron chi connectivity index (χ4n) is 2.06. The first-order valence-electron chi connectivity index (χ1n) is 7.84. The van der Waals surface area contributed by atoms with Gasteiger partial charge in [0.1, 0.15) is 5.75 Å². The van der Waals surface area contributed by atoms with Gasteiger partial charge in [-0.2, -0.15) is 0 Å². The van der Waals surface area contributed by atoms with Crippen LogP contribution in [0.2, 0.25) is 0 Å². The van der Waals surface area contributed by atoms with Crippen molar-refractivity contribution in [3.05, 3.63) is 29.8 Å². The van der Waals surface area contributed by atoms with Crippen LogP contribution >= 0.6 is 0 Å². The lowest BCUT2D eigenvalue weighted by Crippen LogP contribution is -2.26. The molecule has 0 fully saturated rings. The Morgan fingerprint density at radius 1 is 1.10 bits per heavy atom. The molecule has 0 aliphatic rings. The van der Waals surface area contributed by atoms with Gasteiger partial charge in [0.25, 0.3) is 0 Å². The Hall–Kier alpha value is -1.10. The van der Waals surface area contributed by atoms with Crippen LogP contribution in [-0.4, -0.2) is 40.1 Å². The standard InChI is InChI=1S/C17H29NO3/c1-4-11-18-17(14-20-13-6-12-19-3)15-7-9-16(10-8-15)21-5-2/h7-10,17-18H,4-6,11-14H2,1-3H3. The maximum Gasteiger partial charge on any atom is 0.119 e. The molecule has 4 nitrogen and oxygen atoms in total. The van der Waals surface area contributed by atoms with Crippen molar-refractivity contribution in [2.45, 2.75) is 32.7 Å². The number of methoxy groups -OCH3 is 1. The minimum Gasteiger partial charge on any atom is -0.494 e. The second kappa shape index (κ2) is 11.5. The van der Waals surface area contributed by atoms with Gasteiger partial charge in [0.05, 0.1) is 19.3 Å². The first-order chi connectivity index (χ1) is 10.3. The number of hydrogen-bond donors (Lipinski definition) is 1. The first kappa shape index (κ1) is 18.0. The van der Waals surface area contributed by atoms with Gasteiger partial charge in [0, 0.05) is 20.3 Å². The maximum absolute atomic E-state index is 5.75. The van der Waals surface area contributed by atoms with E-state index in [4.69, 9.17) is 14.2 Å². The highest BCUT2D eigenvalue weighted by Gasteiger charge is 2.11. The summed E-state index contributed by atoms with van der Waals surface area (Å²) < 4.78 is 16.3. The van der Waals surface area contributed by atoms with Gasteiger partial charge in [-0.1, -0.05) is 19.1 Å². The Bertz CT molecular complexity index is 354. The van der Waals surface area contributed by atoms with Crippen LogP contribution in [0, 0.1) is 0 Å². The van der Waals surface area contributed by atoms with Crippen molar-refractivity contribution in [1.29, 1.82) is 0 Å². The molecular weight excluding hydrogens is 266 g/mol. The number of nitrogens with one attached hydrogen (secondary N) is 1. The van der Waals surface area contributed by atoms with Gasteiger partial charge in [-0.3, -0.25) is 0 Å². The molecule has 0 spiro atoms. The molecule has 120 valence electrons. The Kier molecular flexibility index (Phi) is 9.87. The van der Waals surface area contributed by atoms with E-state index in [0.717, 1.165) is 38.3 Å². The molecule has 0 saturated carbocycles. The third-order valence-electron chi connectivity index (χ3n) is 3.16. The fourth-order valence-corrected chi connectivity index (χ4v) is 2.06. The van der Waals surface area contributed by atoms with E-state index in [0.29, 0.717) is 13.2 Å². The van der Waals surface area contributed by atoms with Crippen LogP contribution in [0.4, 0.5) is 0 Å². The normalized spacial score (nSPS) is 12.3. The minimum absolute atomic E-state index is 0.225. The molecule has 0 aromatic heterocycles. The van der Waals surface area contributed by atoms with Gasteiger partial charge >= 0.3 is 0 Å². The van der Waals surface area contributed by atoms with E-state index in [1.54, 1.807) is 7.11 Å². The van der Waals surface area contributed by atoms with Gasteiger partial charge in [-0.05, 0) is 44.0 Å². The van der Waals surface area contributed by atoms with E-state index < -0.39 is 0 Å². The molecule has 0 radical (unpaired) electrons. The van der Waals surface area contributed by atoms with Crippen molar-refractivity contribution >= 4 is 0 Å². The highest BCUT2D eigenvalue weighted by atomic mass is 16.5. The summed E-state index contributed by atoms with van der Waals surface area (Å²) in [6.45, 7) is 8.00. The summed E-state index contributed by atoms with van der Waals surface area (Å²) in [6.07, 6.45) is 2.04. The number of ether oxygens (including phenoxy) is 3. The average molecular weight is 295 g/mol. The summed E-state index contributed by atoms with van der Waals surface area (Å²) in [6, 6.07) is 8.48. The lowest BCUT2D eigenvalue weighted by Gasteiger charge is -2.19. The van der Waals surface area contributed by atoms with Crippen LogP contribution in [0.1, 0.15) is 38.3 Å². The maximum atomic E-state index is 5.75. The molecule has 1 rings (SSSR count). The van der Waals surface area contributed by atoms with Gasteiger partial charge in [-0.15, -0.1) is 0 Å². The van der Waals surface area contributed by atoms with Crippen LogP contribution in [0.5, 0.6) is 5.75 Å². The molecule has 0 heterocycles. The molecule has 1 atom stereocenters. The van der Waals surface area contributed by atoms with Crippen molar-refractivity contribution in [3.8, 4) is 5.75 Å². The second-order valence-electron chi connectivity index (χ2n) is 4.93.